The molecule has 1 saturated heterocycles. The molecule has 30 heavy (non-hydrogen) atoms. The number of hydrogen-bond acceptors (Lipinski definition) is 3. The standard InChI is InChI=1S/C24H22FN5/c25-20-5-3-4-19(14-20)22-6-1-2-13-30(22)23(27)11-12-24-28-16-21(29-24)18-9-7-17(15-26)8-10-18/h3-5,7-12,14,16,22,27H,1-2,6,13H2,(H,28,29)/b12-11-,27-23?. The van der Waals surface area contributed by atoms with Crippen molar-refractivity contribution in [2.75, 3.05) is 6.54 Å². The Morgan fingerprint density at radius 2 is 2.07 bits per heavy atom. The van der Waals surface area contributed by atoms with Crippen LogP contribution < -0.4 is 0 Å². The first kappa shape index (κ1) is 19.6. The minimum Gasteiger partial charge on any atom is -0.350 e. The number of benzene rings is 2. The molecule has 0 saturated carbocycles. The third-order valence-electron chi connectivity index (χ3n) is 5.37. The average Bonchev–Trinajstić information content (AvgIpc) is 3.26. The van der Waals surface area contributed by atoms with Gasteiger partial charge in [0, 0.05) is 6.54 Å². The zero-order valence-electron chi connectivity index (χ0n) is 16.5. The first-order valence-corrected chi connectivity index (χ1v) is 9.98. The van der Waals surface area contributed by atoms with E-state index in [1.807, 2.05) is 23.1 Å². The van der Waals surface area contributed by atoms with E-state index in [0.29, 0.717) is 17.2 Å². The number of amidine groups is 1. The number of nitrogens with zero attached hydrogens (tertiary/aromatic N) is 3. The summed E-state index contributed by atoms with van der Waals surface area (Å²) in [5, 5.41) is 17.5. The van der Waals surface area contributed by atoms with Gasteiger partial charge in [0.1, 0.15) is 17.5 Å². The van der Waals surface area contributed by atoms with Crippen molar-refractivity contribution in [3.8, 4) is 17.3 Å². The highest BCUT2D eigenvalue weighted by atomic mass is 19.1. The molecule has 0 amide bonds. The van der Waals surface area contributed by atoms with E-state index in [2.05, 4.69) is 16.0 Å². The van der Waals surface area contributed by atoms with Gasteiger partial charge >= 0.3 is 0 Å². The van der Waals surface area contributed by atoms with Gasteiger partial charge in [0.05, 0.1) is 29.6 Å². The predicted molar refractivity (Wildman–Crippen MR) is 115 cm³/mol. The number of rotatable bonds is 4. The summed E-state index contributed by atoms with van der Waals surface area (Å²) in [6.07, 6.45) is 8.25. The van der Waals surface area contributed by atoms with Gasteiger partial charge < -0.3 is 9.88 Å². The van der Waals surface area contributed by atoms with Crippen LogP contribution in [-0.4, -0.2) is 27.2 Å². The molecule has 1 fully saturated rings. The van der Waals surface area contributed by atoms with E-state index in [1.165, 1.54) is 6.07 Å². The zero-order valence-corrected chi connectivity index (χ0v) is 16.5. The maximum atomic E-state index is 13.7. The molecule has 0 radical (unpaired) electrons. The van der Waals surface area contributed by atoms with Crippen molar-refractivity contribution in [1.29, 1.82) is 10.7 Å². The second-order valence-corrected chi connectivity index (χ2v) is 7.35. The normalized spacial score (nSPS) is 16.5. The van der Waals surface area contributed by atoms with Crippen LogP contribution in [0.4, 0.5) is 4.39 Å². The van der Waals surface area contributed by atoms with E-state index in [9.17, 15) is 4.39 Å². The number of aromatic nitrogens is 2. The van der Waals surface area contributed by atoms with Crippen molar-refractivity contribution < 1.29 is 4.39 Å². The van der Waals surface area contributed by atoms with Gasteiger partial charge in [-0.05, 0) is 66.8 Å². The zero-order chi connectivity index (χ0) is 20.9. The Morgan fingerprint density at radius 3 is 2.83 bits per heavy atom. The van der Waals surface area contributed by atoms with Crippen LogP contribution in [0.1, 0.15) is 42.3 Å². The fraction of sp³-hybridized carbons (Fsp3) is 0.208. The van der Waals surface area contributed by atoms with Gasteiger partial charge in [-0.3, -0.25) is 5.41 Å². The fourth-order valence-corrected chi connectivity index (χ4v) is 3.83. The number of likely N-dealkylation sites (tertiary alicyclic amines) is 1. The third-order valence-corrected chi connectivity index (χ3v) is 5.37. The van der Waals surface area contributed by atoms with Crippen LogP contribution >= 0.6 is 0 Å². The summed E-state index contributed by atoms with van der Waals surface area (Å²) in [4.78, 5) is 9.63. The molecule has 1 atom stereocenters. The van der Waals surface area contributed by atoms with Crippen molar-refractivity contribution >= 4 is 11.9 Å². The molecule has 3 aromatic rings. The number of aromatic amines is 1. The van der Waals surface area contributed by atoms with Crippen molar-refractivity contribution in [2.45, 2.75) is 25.3 Å². The van der Waals surface area contributed by atoms with Crippen LogP contribution in [0.15, 0.2) is 60.8 Å². The minimum absolute atomic E-state index is 0.0115. The maximum Gasteiger partial charge on any atom is 0.130 e. The van der Waals surface area contributed by atoms with Gasteiger partial charge in [-0.1, -0.05) is 24.3 Å². The molecule has 5 nitrogen and oxygen atoms in total. The van der Waals surface area contributed by atoms with E-state index >= 15 is 0 Å². The SMILES string of the molecule is N#Cc1ccc(-c2cnc(/C=C\C(=N)N3CCCCC3c3cccc(F)c3)[nH]2)cc1. The maximum absolute atomic E-state index is 13.7. The molecule has 2 heterocycles. The predicted octanol–water partition coefficient (Wildman–Crippen LogP) is 5.31. The van der Waals surface area contributed by atoms with E-state index < -0.39 is 0 Å². The van der Waals surface area contributed by atoms with Crippen molar-refractivity contribution in [3.63, 3.8) is 0 Å². The lowest BCUT2D eigenvalue weighted by Crippen LogP contribution is -2.37. The van der Waals surface area contributed by atoms with Gasteiger partial charge in [-0.15, -0.1) is 0 Å². The van der Waals surface area contributed by atoms with Crippen LogP contribution in [0.5, 0.6) is 0 Å². The number of nitriles is 1. The van der Waals surface area contributed by atoms with E-state index in [1.54, 1.807) is 42.6 Å². The number of hydrogen-bond donors (Lipinski definition) is 2. The van der Waals surface area contributed by atoms with Gasteiger partial charge in [0.15, 0.2) is 0 Å². The molecule has 150 valence electrons. The highest BCUT2D eigenvalue weighted by Crippen LogP contribution is 2.31. The van der Waals surface area contributed by atoms with Gasteiger partial charge in [0.2, 0.25) is 0 Å². The quantitative estimate of drug-likeness (QED) is 0.461. The molecule has 0 aliphatic carbocycles. The lowest BCUT2D eigenvalue weighted by atomic mass is 9.95. The number of nitrogens with one attached hydrogen (secondary N) is 2. The molecule has 1 aliphatic heterocycles. The van der Waals surface area contributed by atoms with Crippen LogP contribution in [0.3, 0.4) is 0 Å². The molecule has 0 spiro atoms. The van der Waals surface area contributed by atoms with Crippen molar-refractivity contribution in [2.24, 2.45) is 0 Å². The second kappa shape index (κ2) is 8.75. The molecule has 0 bridgehead atoms. The molecule has 1 unspecified atom stereocenters. The first-order valence-electron chi connectivity index (χ1n) is 9.98. The number of piperidine rings is 1. The van der Waals surface area contributed by atoms with Crippen molar-refractivity contribution in [1.82, 2.24) is 14.9 Å². The number of H-pyrrole nitrogens is 1. The summed E-state index contributed by atoms with van der Waals surface area (Å²) in [6.45, 7) is 0.777. The van der Waals surface area contributed by atoms with Crippen LogP contribution in [-0.2, 0) is 0 Å². The summed E-state index contributed by atoms with van der Waals surface area (Å²) in [5.74, 6) is 0.796. The lowest BCUT2D eigenvalue weighted by molar-refractivity contribution is 0.244. The highest BCUT2D eigenvalue weighted by Gasteiger charge is 2.25. The van der Waals surface area contributed by atoms with Crippen molar-refractivity contribution in [3.05, 3.63) is 83.6 Å². The number of halogens is 1. The van der Waals surface area contributed by atoms with Gasteiger partial charge in [0.25, 0.3) is 0 Å². The molecule has 1 aromatic heterocycles. The first-order chi connectivity index (χ1) is 14.6. The molecule has 4 rings (SSSR count). The van der Waals surface area contributed by atoms with Crippen LogP contribution in [0.2, 0.25) is 0 Å². The Kier molecular flexibility index (Phi) is 5.71. The molecule has 2 aromatic carbocycles. The Hall–Kier alpha value is -3.72. The second-order valence-electron chi connectivity index (χ2n) is 7.35. The minimum atomic E-state index is -0.244. The summed E-state index contributed by atoms with van der Waals surface area (Å²) < 4.78 is 13.7. The average molecular weight is 399 g/mol. The van der Waals surface area contributed by atoms with Crippen LogP contribution in [0.25, 0.3) is 17.3 Å². The molecular weight excluding hydrogens is 377 g/mol. The lowest BCUT2D eigenvalue weighted by Gasteiger charge is -2.37. The Morgan fingerprint density at radius 1 is 1.23 bits per heavy atom. The molecule has 1 aliphatic rings. The largest absolute Gasteiger partial charge is 0.350 e. The third kappa shape index (κ3) is 4.31. The molecular formula is C24H22FN5. The summed E-state index contributed by atoms with van der Waals surface area (Å²) in [5.41, 5.74) is 3.31. The van der Waals surface area contributed by atoms with E-state index in [4.69, 9.17) is 10.7 Å². The van der Waals surface area contributed by atoms with Gasteiger partial charge in [-0.25, -0.2) is 9.37 Å². The van der Waals surface area contributed by atoms with Crippen LogP contribution in [0, 0.1) is 22.6 Å². The molecule has 2 N–H and O–H groups in total. The summed E-state index contributed by atoms with van der Waals surface area (Å²) in [6, 6.07) is 16.1. The monoisotopic (exact) mass is 399 g/mol. The van der Waals surface area contributed by atoms with E-state index in [0.717, 1.165) is 42.6 Å². The number of imidazole rings is 1. The Balaban J connectivity index is 1.48. The smallest absolute Gasteiger partial charge is 0.130 e. The highest BCUT2D eigenvalue weighted by molar-refractivity contribution is 5.94. The topological polar surface area (TPSA) is 79.6 Å². The van der Waals surface area contributed by atoms with Gasteiger partial charge in [-0.2, -0.15) is 5.26 Å². The fourth-order valence-electron chi connectivity index (χ4n) is 3.83. The van der Waals surface area contributed by atoms with E-state index in [-0.39, 0.29) is 11.9 Å². The Labute approximate surface area is 175 Å². The summed E-state index contributed by atoms with van der Waals surface area (Å²) in [7, 11) is 0. The molecule has 6 heteroatoms. The Bertz CT molecular complexity index is 1110. The summed E-state index contributed by atoms with van der Waals surface area (Å²) >= 11 is 0.